The van der Waals surface area contributed by atoms with Gasteiger partial charge in [0.05, 0.1) is 0 Å². The number of alkyl halides is 3. The SMILES string of the molecule is NC(=O)c1ccc(O[C@H](CCO)C(F)(F)F)cc1. The van der Waals surface area contributed by atoms with Crippen molar-refractivity contribution in [3.63, 3.8) is 0 Å². The first-order chi connectivity index (χ1) is 8.34. The first-order valence-electron chi connectivity index (χ1n) is 5.08. The van der Waals surface area contributed by atoms with Crippen LogP contribution in [-0.4, -0.2) is 29.9 Å². The Morgan fingerprint density at radius 3 is 2.28 bits per heavy atom. The summed E-state index contributed by atoms with van der Waals surface area (Å²) in [7, 11) is 0. The molecule has 0 unspecified atom stereocenters. The monoisotopic (exact) mass is 263 g/mol. The second-order valence-electron chi connectivity index (χ2n) is 3.55. The molecule has 0 aromatic heterocycles. The lowest BCUT2D eigenvalue weighted by atomic mass is 10.2. The first kappa shape index (κ1) is 14.3. The van der Waals surface area contributed by atoms with Gasteiger partial charge in [0.1, 0.15) is 5.75 Å². The minimum atomic E-state index is -4.56. The van der Waals surface area contributed by atoms with Gasteiger partial charge >= 0.3 is 6.18 Å². The van der Waals surface area contributed by atoms with Crippen LogP contribution < -0.4 is 10.5 Å². The highest BCUT2D eigenvalue weighted by atomic mass is 19.4. The molecule has 0 radical (unpaired) electrons. The lowest BCUT2D eigenvalue weighted by Crippen LogP contribution is -2.35. The molecule has 1 aromatic carbocycles. The third-order valence-electron chi connectivity index (χ3n) is 2.17. The van der Waals surface area contributed by atoms with Crippen LogP contribution in [0.25, 0.3) is 0 Å². The van der Waals surface area contributed by atoms with Gasteiger partial charge in [0.25, 0.3) is 0 Å². The standard InChI is InChI=1S/C11H12F3NO3/c12-11(13,14)9(5-6-16)18-8-3-1-7(2-4-8)10(15)17/h1-4,9,16H,5-6H2,(H2,15,17)/t9-/m1/s1. The van der Waals surface area contributed by atoms with Crippen LogP contribution in [0.4, 0.5) is 13.2 Å². The van der Waals surface area contributed by atoms with Gasteiger partial charge in [0.2, 0.25) is 5.91 Å². The van der Waals surface area contributed by atoms with Crippen LogP contribution in [0.5, 0.6) is 5.75 Å². The molecule has 100 valence electrons. The molecule has 3 N–H and O–H groups in total. The molecular formula is C11H12F3NO3. The van der Waals surface area contributed by atoms with E-state index in [9.17, 15) is 18.0 Å². The first-order valence-corrected chi connectivity index (χ1v) is 5.08. The van der Waals surface area contributed by atoms with Crippen LogP contribution in [0.3, 0.4) is 0 Å². The highest BCUT2D eigenvalue weighted by Gasteiger charge is 2.41. The normalized spacial score (nSPS) is 13.1. The maximum atomic E-state index is 12.5. The summed E-state index contributed by atoms with van der Waals surface area (Å²) in [5, 5.41) is 8.55. The van der Waals surface area contributed by atoms with Crippen molar-refractivity contribution in [2.24, 2.45) is 5.73 Å². The Morgan fingerprint density at radius 2 is 1.89 bits per heavy atom. The van der Waals surface area contributed by atoms with Crippen molar-refractivity contribution in [2.45, 2.75) is 18.7 Å². The van der Waals surface area contributed by atoms with E-state index in [0.29, 0.717) is 0 Å². The number of ether oxygens (including phenoxy) is 1. The number of primary amides is 1. The highest BCUT2D eigenvalue weighted by molar-refractivity contribution is 5.92. The van der Waals surface area contributed by atoms with E-state index in [1.807, 2.05) is 0 Å². The maximum absolute atomic E-state index is 12.5. The van der Waals surface area contributed by atoms with E-state index < -0.39 is 31.2 Å². The van der Waals surface area contributed by atoms with Gasteiger partial charge in [0, 0.05) is 18.6 Å². The van der Waals surface area contributed by atoms with E-state index in [-0.39, 0.29) is 11.3 Å². The summed E-state index contributed by atoms with van der Waals surface area (Å²) in [6, 6.07) is 4.97. The number of carbonyl (C=O) groups is 1. The molecule has 0 bridgehead atoms. The molecule has 4 nitrogen and oxygen atoms in total. The van der Waals surface area contributed by atoms with Gasteiger partial charge in [-0.1, -0.05) is 0 Å². The Labute approximate surface area is 101 Å². The number of aliphatic hydroxyl groups is 1. The van der Waals surface area contributed by atoms with Gasteiger partial charge in [-0.2, -0.15) is 13.2 Å². The molecule has 0 aliphatic heterocycles. The average Bonchev–Trinajstić information content (AvgIpc) is 2.28. The van der Waals surface area contributed by atoms with Gasteiger partial charge in [-0.3, -0.25) is 4.79 Å². The number of carbonyl (C=O) groups excluding carboxylic acids is 1. The summed E-state index contributed by atoms with van der Waals surface area (Å²) in [6.07, 6.45) is -7.20. The van der Waals surface area contributed by atoms with Crippen molar-refractivity contribution in [2.75, 3.05) is 6.61 Å². The van der Waals surface area contributed by atoms with Gasteiger partial charge in [0.15, 0.2) is 6.10 Å². The number of amides is 1. The summed E-state index contributed by atoms with van der Waals surface area (Å²) in [5.41, 5.74) is 5.16. The fourth-order valence-electron chi connectivity index (χ4n) is 1.27. The number of rotatable bonds is 5. The van der Waals surface area contributed by atoms with Gasteiger partial charge < -0.3 is 15.6 Å². The molecule has 1 aromatic rings. The van der Waals surface area contributed by atoms with Crippen LogP contribution in [0, 0.1) is 0 Å². The van der Waals surface area contributed by atoms with Crippen molar-refractivity contribution in [1.29, 1.82) is 0 Å². The van der Waals surface area contributed by atoms with Crippen molar-refractivity contribution >= 4 is 5.91 Å². The summed E-state index contributed by atoms with van der Waals surface area (Å²) >= 11 is 0. The highest BCUT2D eigenvalue weighted by Crippen LogP contribution is 2.27. The quantitative estimate of drug-likeness (QED) is 0.845. The molecule has 0 fully saturated rings. The maximum Gasteiger partial charge on any atom is 0.425 e. The van der Waals surface area contributed by atoms with Crippen molar-refractivity contribution in [3.8, 4) is 5.75 Å². The van der Waals surface area contributed by atoms with Crippen molar-refractivity contribution in [1.82, 2.24) is 0 Å². The lowest BCUT2D eigenvalue weighted by molar-refractivity contribution is -0.198. The third-order valence-corrected chi connectivity index (χ3v) is 2.17. The Morgan fingerprint density at radius 1 is 1.33 bits per heavy atom. The molecule has 0 aliphatic carbocycles. The minimum Gasteiger partial charge on any atom is -0.481 e. The minimum absolute atomic E-state index is 0.0456. The predicted molar refractivity (Wildman–Crippen MR) is 57.1 cm³/mol. The topological polar surface area (TPSA) is 72.6 Å². The summed E-state index contributed by atoms with van der Waals surface area (Å²) in [4.78, 5) is 10.8. The lowest BCUT2D eigenvalue weighted by Gasteiger charge is -2.21. The largest absolute Gasteiger partial charge is 0.481 e. The van der Waals surface area contributed by atoms with E-state index in [4.69, 9.17) is 15.6 Å². The van der Waals surface area contributed by atoms with Crippen molar-refractivity contribution in [3.05, 3.63) is 29.8 Å². The van der Waals surface area contributed by atoms with Gasteiger partial charge in [-0.05, 0) is 24.3 Å². The molecule has 0 saturated carbocycles. The fourth-order valence-corrected chi connectivity index (χ4v) is 1.27. The molecule has 0 saturated heterocycles. The van der Waals surface area contributed by atoms with Crippen LogP contribution in [-0.2, 0) is 0 Å². The summed E-state index contributed by atoms with van der Waals surface area (Å²) < 4.78 is 42.2. The molecular weight excluding hydrogens is 251 g/mol. The molecule has 18 heavy (non-hydrogen) atoms. The van der Waals surface area contributed by atoms with Crippen LogP contribution in [0.2, 0.25) is 0 Å². The number of halogens is 3. The second-order valence-corrected chi connectivity index (χ2v) is 3.55. The van der Waals surface area contributed by atoms with Gasteiger partial charge in [-0.25, -0.2) is 0 Å². The van der Waals surface area contributed by atoms with E-state index >= 15 is 0 Å². The molecule has 1 atom stereocenters. The summed E-state index contributed by atoms with van der Waals surface area (Å²) in [6.45, 7) is -0.635. The van der Waals surface area contributed by atoms with E-state index in [2.05, 4.69) is 0 Å². The molecule has 0 aliphatic rings. The Hall–Kier alpha value is -1.76. The Kier molecular flexibility index (Phi) is 4.55. The van der Waals surface area contributed by atoms with E-state index in [1.165, 1.54) is 24.3 Å². The molecule has 1 amide bonds. The molecule has 0 heterocycles. The number of hydrogen-bond donors (Lipinski definition) is 2. The Bertz CT molecular complexity index is 403. The zero-order valence-electron chi connectivity index (χ0n) is 9.28. The predicted octanol–water partition coefficient (Wildman–Crippen LogP) is 1.48. The van der Waals surface area contributed by atoms with Crippen molar-refractivity contribution < 1.29 is 27.8 Å². The number of benzene rings is 1. The van der Waals surface area contributed by atoms with E-state index in [0.717, 1.165) is 0 Å². The smallest absolute Gasteiger partial charge is 0.425 e. The molecule has 7 heteroatoms. The number of nitrogens with two attached hydrogens (primary N) is 1. The zero-order valence-corrected chi connectivity index (χ0v) is 9.28. The van der Waals surface area contributed by atoms with Crippen LogP contribution in [0.1, 0.15) is 16.8 Å². The van der Waals surface area contributed by atoms with Crippen LogP contribution in [0.15, 0.2) is 24.3 Å². The number of hydrogen-bond acceptors (Lipinski definition) is 3. The molecule has 1 rings (SSSR count). The summed E-state index contributed by atoms with van der Waals surface area (Å²) in [5.74, 6) is -0.722. The Balaban J connectivity index is 2.78. The van der Waals surface area contributed by atoms with Crippen LogP contribution >= 0.6 is 0 Å². The van der Waals surface area contributed by atoms with E-state index in [1.54, 1.807) is 0 Å². The molecule has 0 spiro atoms. The van der Waals surface area contributed by atoms with Gasteiger partial charge in [-0.15, -0.1) is 0 Å². The zero-order chi connectivity index (χ0) is 13.8. The third kappa shape index (κ3) is 3.92. The second kappa shape index (κ2) is 5.72. The fraction of sp³-hybridized carbons (Fsp3) is 0.364. The number of aliphatic hydroxyl groups excluding tert-OH is 1. The average molecular weight is 263 g/mol.